The van der Waals surface area contributed by atoms with E-state index < -0.39 is 18.6 Å². The van der Waals surface area contributed by atoms with Crippen LogP contribution < -0.4 is 5.32 Å². The second kappa shape index (κ2) is 4.53. The molecule has 0 saturated heterocycles. The van der Waals surface area contributed by atoms with Crippen molar-refractivity contribution >= 4 is 17.5 Å². The fourth-order valence-corrected chi connectivity index (χ4v) is 1.01. The average molecular weight is 238 g/mol. The Morgan fingerprint density at radius 3 is 2.27 bits per heavy atom. The summed E-state index contributed by atoms with van der Waals surface area (Å²) in [5, 5.41) is 2.17. The van der Waals surface area contributed by atoms with Crippen LogP contribution in [0, 0.1) is 0 Å². The Bertz CT molecular complexity index is 347. The van der Waals surface area contributed by atoms with Crippen molar-refractivity contribution in [2.24, 2.45) is 0 Å². The van der Waals surface area contributed by atoms with Crippen molar-refractivity contribution in [1.29, 1.82) is 0 Å². The SMILES string of the molecule is O=C(NCC(F)(F)F)c1ccc(Cl)cc1. The number of benzene rings is 1. The molecule has 15 heavy (non-hydrogen) atoms. The van der Waals surface area contributed by atoms with Gasteiger partial charge < -0.3 is 5.32 Å². The van der Waals surface area contributed by atoms with Gasteiger partial charge in [0.15, 0.2) is 0 Å². The Balaban J connectivity index is 2.58. The minimum absolute atomic E-state index is 0.142. The average Bonchev–Trinajstić information content (AvgIpc) is 2.14. The maximum Gasteiger partial charge on any atom is 0.405 e. The van der Waals surface area contributed by atoms with Crippen molar-refractivity contribution < 1.29 is 18.0 Å². The van der Waals surface area contributed by atoms with E-state index in [2.05, 4.69) is 0 Å². The smallest absolute Gasteiger partial charge is 0.343 e. The van der Waals surface area contributed by atoms with Gasteiger partial charge in [0.05, 0.1) is 0 Å². The van der Waals surface area contributed by atoms with E-state index in [1.165, 1.54) is 24.3 Å². The lowest BCUT2D eigenvalue weighted by atomic mass is 10.2. The zero-order valence-electron chi connectivity index (χ0n) is 7.44. The Morgan fingerprint density at radius 1 is 1.27 bits per heavy atom. The lowest BCUT2D eigenvalue weighted by Gasteiger charge is -2.08. The standard InChI is InChI=1S/C9H7ClF3NO/c10-7-3-1-6(2-4-7)8(15)14-5-9(11,12)13/h1-4H,5H2,(H,14,15). The molecule has 0 aliphatic heterocycles. The molecule has 1 rings (SSSR count). The molecule has 2 nitrogen and oxygen atoms in total. The minimum Gasteiger partial charge on any atom is -0.343 e. The Labute approximate surface area is 89.0 Å². The van der Waals surface area contributed by atoms with Crippen molar-refractivity contribution in [3.8, 4) is 0 Å². The largest absolute Gasteiger partial charge is 0.405 e. The Kier molecular flexibility index (Phi) is 3.57. The molecule has 0 spiro atoms. The molecule has 0 aliphatic rings. The van der Waals surface area contributed by atoms with Crippen LogP contribution in [0.5, 0.6) is 0 Å². The first-order chi connectivity index (χ1) is 6.88. The van der Waals surface area contributed by atoms with Crippen LogP contribution in [0.1, 0.15) is 10.4 Å². The van der Waals surface area contributed by atoms with Gasteiger partial charge >= 0.3 is 6.18 Å². The molecule has 0 radical (unpaired) electrons. The molecule has 1 N–H and O–H groups in total. The highest BCUT2D eigenvalue weighted by atomic mass is 35.5. The molecule has 1 aromatic rings. The summed E-state index contributed by atoms with van der Waals surface area (Å²) in [4.78, 5) is 11.1. The van der Waals surface area contributed by atoms with Crippen molar-refractivity contribution in [3.05, 3.63) is 34.9 Å². The predicted molar refractivity (Wildman–Crippen MR) is 49.8 cm³/mol. The number of amides is 1. The molecule has 82 valence electrons. The number of halogens is 4. The molecule has 0 saturated carbocycles. The van der Waals surface area contributed by atoms with E-state index in [1.807, 2.05) is 0 Å². The zero-order valence-corrected chi connectivity index (χ0v) is 8.19. The second-order valence-corrected chi connectivity index (χ2v) is 3.24. The number of hydrogen-bond donors (Lipinski definition) is 1. The Morgan fingerprint density at radius 2 is 1.80 bits per heavy atom. The van der Waals surface area contributed by atoms with E-state index in [9.17, 15) is 18.0 Å². The van der Waals surface area contributed by atoms with E-state index in [0.29, 0.717) is 5.02 Å². The van der Waals surface area contributed by atoms with Gasteiger partial charge in [0.1, 0.15) is 6.54 Å². The van der Waals surface area contributed by atoms with Crippen LogP contribution in [0.4, 0.5) is 13.2 Å². The van der Waals surface area contributed by atoms with Gasteiger partial charge in [-0.25, -0.2) is 0 Å². The van der Waals surface area contributed by atoms with Crippen LogP contribution in [0.15, 0.2) is 24.3 Å². The van der Waals surface area contributed by atoms with Gasteiger partial charge in [0.2, 0.25) is 0 Å². The summed E-state index contributed by atoms with van der Waals surface area (Å²) in [5.74, 6) is -0.774. The lowest BCUT2D eigenvalue weighted by molar-refractivity contribution is -0.123. The van der Waals surface area contributed by atoms with Gasteiger partial charge in [-0.3, -0.25) is 4.79 Å². The molecule has 6 heteroatoms. The molecule has 0 heterocycles. The second-order valence-electron chi connectivity index (χ2n) is 2.80. The van der Waals surface area contributed by atoms with E-state index >= 15 is 0 Å². The van der Waals surface area contributed by atoms with Crippen molar-refractivity contribution in [2.45, 2.75) is 6.18 Å². The monoisotopic (exact) mass is 237 g/mol. The van der Waals surface area contributed by atoms with Gasteiger partial charge in [-0.2, -0.15) is 13.2 Å². The molecule has 1 aromatic carbocycles. The quantitative estimate of drug-likeness (QED) is 0.842. The lowest BCUT2D eigenvalue weighted by Crippen LogP contribution is -2.33. The van der Waals surface area contributed by atoms with Crippen LogP contribution in [-0.4, -0.2) is 18.6 Å². The minimum atomic E-state index is -4.40. The summed E-state index contributed by atoms with van der Waals surface area (Å²) in [7, 11) is 0. The zero-order chi connectivity index (χ0) is 11.5. The van der Waals surface area contributed by atoms with Crippen LogP contribution >= 0.6 is 11.6 Å². The van der Waals surface area contributed by atoms with Crippen molar-refractivity contribution in [1.82, 2.24) is 5.32 Å². The maximum atomic E-state index is 11.8. The maximum absolute atomic E-state index is 11.8. The van der Waals surface area contributed by atoms with Crippen molar-refractivity contribution in [2.75, 3.05) is 6.54 Å². The molecule has 0 unspecified atom stereocenters. The summed E-state index contributed by atoms with van der Waals surface area (Å²) < 4.78 is 35.3. The van der Waals surface area contributed by atoms with Gasteiger partial charge in [0, 0.05) is 10.6 Å². The highest BCUT2D eigenvalue weighted by Gasteiger charge is 2.27. The van der Waals surface area contributed by atoms with Gasteiger partial charge in [-0.15, -0.1) is 0 Å². The van der Waals surface area contributed by atoms with Gasteiger partial charge in [0.25, 0.3) is 5.91 Å². The van der Waals surface area contributed by atoms with Crippen molar-refractivity contribution in [3.63, 3.8) is 0 Å². The summed E-state index contributed by atoms with van der Waals surface area (Å²) in [6, 6.07) is 5.58. The van der Waals surface area contributed by atoms with E-state index in [4.69, 9.17) is 11.6 Å². The molecular formula is C9H7ClF3NO. The highest BCUT2D eigenvalue weighted by molar-refractivity contribution is 6.30. The van der Waals surface area contributed by atoms with E-state index in [1.54, 1.807) is 5.32 Å². The third-order valence-electron chi connectivity index (χ3n) is 1.56. The van der Waals surface area contributed by atoms with Crippen LogP contribution in [-0.2, 0) is 0 Å². The number of carbonyl (C=O) groups excluding carboxylic acids is 1. The summed E-state index contributed by atoms with van der Waals surface area (Å²) >= 11 is 5.55. The van der Waals surface area contributed by atoms with Crippen LogP contribution in [0.3, 0.4) is 0 Å². The summed E-state index contributed by atoms with van der Waals surface area (Å²) in [6.07, 6.45) is -4.40. The first-order valence-corrected chi connectivity index (χ1v) is 4.37. The first-order valence-electron chi connectivity index (χ1n) is 3.99. The molecule has 0 aromatic heterocycles. The summed E-state index contributed by atoms with van der Waals surface area (Å²) in [5.41, 5.74) is 0.142. The number of alkyl halides is 3. The fraction of sp³-hybridized carbons (Fsp3) is 0.222. The van der Waals surface area contributed by atoms with E-state index in [0.717, 1.165) is 0 Å². The predicted octanol–water partition coefficient (Wildman–Crippen LogP) is 2.63. The molecule has 0 atom stereocenters. The first kappa shape index (κ1) is 11.8. The third-order valence-corrected chi connectivity index (χ3v) is 1.81. The van der Waals surface area contributed by atoms with Gasteiger partial charge in [-0.05, 0) is 24.3 Å². The molecule has 0 aliphatic carbocycles. The molecular weight excluding hydrogens is 231 g/mol. The molecule has 0 fully saturated rings. The topological polar surface area (TPSA) is 29.1 Å². The fourth-order valence-electron chi connectivity index (χ4n) is 0.884. The number of hydrogen-bond acceptors (Lipinski definition) is 1. The van der Waals surface area contributed by atoms with Crippen LogP contribution in [0.2, 0.25) is 5.02 Å². The third kappa shape index (κ3) is 4.20. The molecule has 0 bridgehead atoms. The highest BCUT2D eigenvalue weighted by Crippen LogP contribution is 2.13. The molecule has 1 amide bonds. The summed E-state index contributed by atoms with van der Waals surface area (Å²) in [6.45, 7) is -1.34. The van der Waals surface area contributed by atoms with E-state index in [-0.39, 0.29) is 5.56 Å². The normalized spacial score (nSPS) is 11.2. The Hall–Kier alpha value is -1.23. The number of nitrogens with one attached hydrogen (secondary N) is 1. The number of rotatable bonds is 2. The van der Waals surface area contributed by atoms with Gasteiger partial charge in [-0.1, -0.05) is 11.6 Å². The van der Waals surface area contributed by atoms with Crippen LogP contribution in [0.25, 0.3) is 0 Å². The number of carbonyl (C=O) groups is 1.